The van der Waals surface area contributed by atoms with Crippen molar-refractivity contribution in [1.82, 2.24) is 10.2 Å². The van der Waals surface area contributed by atoms with Crippen LogP contribution in [0.25, 0.3) is 23.0 Å². The summed E-state index contributed by atoms with van der Waals surface area (Å²) in [6, 6.07) is 10.0. The Bertz CT molecular complexity index is 1160. The molecule has 3 aromatic heterocycles. The number of halogens is 1. The highest BCUT2D eigenvalue weighted by atomic mass is 35.5. The lowest BCUT2D eigenvalue weighted by Gasteiger charge is -2.01. The number of amides is 1. The number of nitro benzene ring substituents is 1. The fraction of sp³-hybridized carbons (Fsp3) is 0. The number of nitrogens with one attached hydrogen (secondary N) is 1. The molecule has 0 aliphatic heterocycles. The van der Waals surface area contributed by atoms with Crippen LogP contribution in [0.15, 0.2) is 62.0 Å². The first-order chi connectivity index (χ1) is 13.5. The molecule has 0 fully saturated rings. The molecule has 4 rings (SSSR count). The van der Waals surface area contributed by atoms with Crippen LogP contribution in [0.1, 0.15) is 10.6 Å². The second-order valence-corrected chi connectivity index (χ2v) is 5.84. The van der Waals surface area contributed by atoms with E-state index in [1.807, 2.05) is 0 Å². The molecule has 0 unspecified atom stereocenters. The third-order valence-electron chi connectivity index (χ3n) is 3.64. The normalized spacial score (nSPS) is 10.8. The standard InChI is InChI=1S/C17H9ClN4O6/c18-11-8-9(22(24)25)3-4-10(11)12-5-6-13(27-12)15(23)19-17-21-20-16(28-17)14-2-1-7-26-14/h1-8H,(H,19,21,23). The SMILES string of the molecule is O=C(Nc1nnc(-c2ccco2)o1)c1ccc(-c2ccc([N+](=O)[O-])cc2Cl)o1. The van der Waals surface area contributed by atoms with Gasteiger partial charge in [-0.15, -0.1) is 5.10 Å². The fourth-order valence-corrected chi connectivity index (χ4v) is 2.62. The third-order valence-corrected chi connectivity index (χ3v) is 3.95. The largest absolute Gasteiger partial charge is 0.459 e. The van der Waals surface area contributed by atoms with Gasteiger partial charge in [0, 0.05) is 17.7 Å². The van der Waals surface area contributed by atoms with Gasteiger partial charge in [0.2, 0.25) is 0 Å². The van der Waals surface area contributed by atoms with Crippen LogP contribution in [0.2, 0.25) is 5.02 Å². The van der Waals surface area contributed by atoms with Gasteiger partial charge in [-0.05, 0) is 30.3 Å². The maximum absolute atomic E-state index is 12.3. The molecule has 0 saturated carbocycles. The van der Waals surface area contributed by atoms with Gasteiger partial charge in [0.05, 0.1) is 16.2 Å². The molecular weight excluding hydrogens is 392 g/mol. The number of nitrogens with zero attached hydrogens (tertiary/aromatic N) is 3. The molecule has 0 aliphatic carbocycles. The average molecular weight is 401 g/mol. The van der Waals surface area contributed by atoms with E-state index in [1.54, 1.807) is 12.1 Å². The van der Waals surface area contributed by atoms with E-state index in [-0.39, 0.29) is 34.1 Å². The van der Waals surface area contributed by atoms with Crippen molar-refractivity contribution in [3.8, 4) is 23.0 Å². The molecule has 0 aliphatic rings. The highest BCUT2D eigenvalue weighted by molar-refractivity contribution is 6.33. The molecule has 0 radical (unpaired) electrons. The summed E-state index contributed by atoms with van der Waals surface area (Å²) in [5.74, 6) is 0.0761. The predicted molar refractivity (Wildman–Crippen MR) is 95.8 cm³/mol. The number of carbonyl (C=O) groups is 1. The number of hydrogen-bond acceptors (Lipinski definition) is 8. The monoisotopic (exact) mass is 400 g/mol. The van der Waals surface area contributed by atoms with Crippen LogP contribution in [0.3, 0.4) is 0 Å². The van der Waals surface area contributed by atoms with Gasteiger partial charge in [-0.2, -0.15) is 0 Å². The third kappa shape index (κ3) is 3.35. The van der Waals surface area contributed by atoms with Gasteiger partial charge in [0.25, 0.3) is 17.5 Å². The van der Waals surface area contributed by atoms with Crippen LogP contribution >= 0.6 is 11.6 Å². The van der Waals surface area contributed by atoms with Crippen molar-refractivity contribution in [2.45, 2.75) is 0 Å². The fourth-order valence-electron chi connectivity index (χ4n) is 2.35. The van der Waals surface area contributed by atoms with Gasteiger partial charge in [-0.3, -0.25) is 20.2 Å². The van der Waals surface area contributed by atoms with Crippen LogP contribution in [-0.2, 0) is 0 Å². The highest BCUT2D eigenvalue weighted by Gasteiger charge is 2.19. The predicted octanol–water partition coefficient (Wildman–Crippen LogP) is 4.40. The molecular formula is C17H9ClN4O6. The summed E-state index contributed by atoms with van der Waals surface area (Å²) in [6.45, 7) is 0. The van der Waals surface area contributed by atoms with Gasteiger partial charge in [-0.1, -0.05) is 16.7 Å². The first kappa shape index (κ1) is 17.5. The number of anilines is 1. The Morgan fingerprint density at radius 3 is 2.68 bits per heavy atom. The van der Waals surface area contributed by atoms with E-state index in [2.05, 4.69) is 15.5 Å². The van der Waals surface area contributed by atoms with E-state index in [4.69, 9.17) is 24.9 Å². The molecule has 0 bridgehead atoms. The highest BCUT2D eigenvalue weighted by Crippen LogP contribution is 2.32. The number of non-ortho nitro benzene ring substituents is 1. The smallest absolute Gasteiger partial charge is 0.323 e. The number of hydrogen-bond donors (Lipinski definition) is 1. The quantitative estimate of drug-likeness (QED) is 0.384. The summed E-state index contributed by atoms with van der Waals surface area (Å²) in [5.41, 5.74) is 0.256. The average Bonchev–Trinajstić information content (AvgIpc) is 3.42. The van der Waals surface area contributed by atoms with Crippen molar-refractivity contribution in [3.05, 3.63) is 69.6 Å². The summed E-state index contributed by atoms with van der Waals surface area (Å²) in [6.07, 6.45) is 1.45. The maximum atomic E-state index is 12.3. The van der Waals surface area contributed by atoms with E-state index in [0.717, 1.165) is 0 Å². The van der Waals surface area contributed by atoms with Crippen LogP contribution < -0.4 is 5.32 Å². The lowest BCUT2D eigenvalue weighted by molar-refractivity contribution is -0.384. The Balaban J connectivity index is 1.51. The Morgan fingerprint density at radius 1 is 1.11 bits per heavy atom. The topological polar surface area (TPSA) is 137 Å². The van der Waals surface area contributed by atoms with Gasteiger partial charge < -0.3 is 13.3 Å². The molecule has 3 heterocycles. The van der Waals surface area contributed by atoms with Gasteiger partial charge in [0.15, 0.2) is 11.5 Å². The van der Waals surface area contributed by atoms with Gasteiger partial charge >= 0.3 is 6.01 Å². The summed E-state index contributed by atoms with van der Waals surface area (Å²) in [5, 5.41) is 20.8. The first-order valence-electron chi connectivity index (χ1n) is 7.74. The minimum Gasteiger partial charge on any atom is -0.459 e. The number of rotatable bonds is 5. The van der Waals surface area contributed by atoms with Crippen LogP contribution in [-0.4, -0.2) is 21.0 Å². The molecule has 11 heteroatoms. The van der Waals surface area contributed by atoms with E-state index in [9.17, 15) is 14.9 Å². The summed E-state index contributed by atoms with van der Waals surface area (Å²) < 4.78 is 15.9. The Kier molecular flexibility index (Phi) is 4.38. The first-order valence-corrected chi connectivity index (χ1v) is 8.12. The summed E-state index contributed by atoms with van der Waals surface area (Å²) >= 11 is 6.07. The molecule has 1 amide bonds. The Hall–Kier alpha value is -3.92. The lowest BCUT2D eigenvalue weighted by atomic mass is 10.1. The molecule has 1 N–H and O–H groups in total. The molecule has 0 atom stereocenters. The number of benzene rings is 1. The van der Waals surface area contributed by atoms with Crippen LogP contribution in [0.4, 0.5) is 11.7 Å². The van der Waals surface area contributed by atoms with Gasteiger partial charge in [-0.25, -0.2) is 0 Å². The lowest BCUT2D eigenvalue weighted by Crippen LogP contribution is -2.11. The van der Waals surface area contributed by atoms with E-state index < -0.39 is 10.8 Å². The minimum absolute atomic E-state index is 0.0397. The molecule has 0 saturated heterocycles. The number of furan rings is 2. The van der Waals surface area contributed by atoms with Crippen LogP contribution in [0, 0.1) is 10.1 Å². The van der Waals surface area contributed by atoms with E-state index in [0.29, 0.717) is 11.3 Å². The summed E-state index contributed by atoms with van der Waals surface area (Å²) in [7, 11) is 0. The molecule has 140 valence electrons. The maximum Gasteiger partial charge on any atom is 0.323 e. The summed E-state index contributed by atoms with van der Waals surface area (Å²) in [4.78, 5) is 22.5. The zero-order valence-corrected chi connectivity index (χ0v) is 14.5. The number of nitro groups is 1. The molecule has 4 aromatic rings. The zero-order valence-electron chi connectivity index (χ0n) is 13.8. The number of aromatic nitrogens is 2. The van der Waals surface area contributed by atoms with Crippen molar-refractivity contribution in [2.24, 2.45) is 0 Å². The van der Waals surface area contributed by atoms with Crippen molar-refractivity contribution >= 4 is 29.2 Å². The molecule has 1 aromatic carbocycles. The van der Waals surface area contributed by atoms with Crippen molar-refractivity contribution in [3.63, 3.8) is 0 Å². The van der Waals surface area contributed by atoms with E-state index in [1.165, 1.54) is 36.6 Å². The molecule has 28 heavy (non-hydrogen) atoms. The van der Waals surface area contributed by atoms with Crippen molar-refractivity contribution < 1.29 is 23.0 Å². The van der Waals surface area contributed by atoms with Crippen LogP contribution in [0.5, 0.6) is 0 Å². The van der Waals surface area contributed by atoms with Crippen molar-refractivity contribution in [2.75, 3.05) is 5.32 Å². The Labute approximate surface area is 160 Å². The van der Waals surface area contributed by atoms with Gasteiger partial charge in [0.1, 0.15) is 5.76 Å². The number of carbonyl (C=O) groups excluding carboxylic acids is 1. The zero-order chi connectivity index (χ0) is 19.7. The molecule has 0 spiro atoms. The second kappa shape index (κ2) is 7.00. The molecule has 10 nitrogen and oxygen atoms in total. The Morgan fingerprint density at radius 2 is 1.96 bits per heavy atom. The minimum atomic E-state index is -0.626. The van der Waals surface area contributed by atoms with E-state index >= 15 is 0 Å². The van der Waals surface area contributed by atoms with Crippen molar-refractivity contribution in [1.29, 1.82) is 0 Å². The second-order valence-electron chi connectivity index (χ2n) is 5.43.